The molecule has 0 aromatic heterocycles. The van der Waals surface area contributed by atoms with E-state index in [1.165, 1.54) is 49.7 Å². The van der Waals surface area contributed by atoms with Gasteiger partial charge in [0.05, 0.1) is 0 Å². The summed E-state index contributed by atoms with van der Waals surface area (Å²) < 4.78 is 0. The van der Waals surface area contributed by atoms with Crippen LogP contribution in [0.5, 0.6) is 0 Å². The number of nitrogens with one attached hydrogen (secondary N) is 1. The lowest BCUT2D eigenvalue weighted by molar-refractivity contribution is 0.144. The molecule has 106 valence electrons. The minimum absolute atomic E-state index is 0.483. The molecule has 0 heterocycles. The van der Waals surface area contributed by atoms with E-state index in [0.29, 0.717) is 11.5 Å². The third kappa shape index (κ3) is 3.60. The molecule has 0 radical (unpaired) electrons. The topological polar surface area (TPSA) is 12.0 Å². The molecule has 1 nitrogen and oxygen atoms in total. The maximum Gasteiger partial charge on any atom is 0.0161 e. The van der Waals surface area contributed by atoms with Crippen molar-refractivity contribution < 1.29 is 0 Å². The van der Waals surface area contributed by atoms with Crippen LogP contribution in [0.15, 0.2) is 24.3 Å². The van der Waals surface area contributed by atoms with E-state index in [2.05, 4.69) is 50.4 Å². The summed E-state index contributed by atoms with van der Waals surface area (Å²) in [5.41, 5.74) is 3.43. The molecule has 1 aromatic rings. The molecular weight excluding hydrogens is 230 g/mol. The highest BCUT2D eigenvalue weighted by atomic mass is 14.9. The molecule has 19 heavy (non-hydrogen) atoms. The van der Waals surface area contributed by atoms with Crippen LogP contribution in [0.25, 0.3) is 0 Å². The number of benzene rings is 1. The lowest BCUT2D eigenvalue weighted by Crippen LogP contribution is -2.46. The second-order valence-electron chi connectivity index (χ2n) is 6.46. The average Bonchev–Trinajstić information content (AvgIpc) is 2.41. The lowest BCUT2D eigenvalue weighted by Gasteiger charge is -2.41. The Morgan fingerprint density at radius 1 is 1.16 bits per heavy atom. The lowest BCUT2D eigenvalue weighted by atomic mass is 9.69. The maximum absolute atomic E-state index is 3.77. The molecule has 1 aliphatic carbocycles. The molecule has 0 saturated heterocycles. The fourth-order valence-corrected chi connectivity index (χ4v) is 3.58. The minimum atomic E-state index is 0.483. The van der Waals surface area contributed by atoms with Crippen molar-refractivity contribution in [2.24, 2.45) is 5.41 Å². The van der Waals surface area contributed by atoms with Gasteiger partial charge in [-0.1, -0.05) is 57.4 Å². The summed E-state index contributed by atoms with van der Waals surface area (Å²) in [5, 5.41) is 3.77. The highest BCUT2D eigenvalue weighted by molar-refractivity contribution is 5.26. The molecule has 0 bridgehead atoms. The van der Waals surface area contributed by atoms with Crippen molar-refractivity contribution >= 4 is 0 Å². The van der Waals surface area contributed by atoms with Gasteiger partial charge in [-0.05, 0) is 49.3 Å². The molecule has 1 saturated carbocycles. The van der Waals surface area contributed by atoms with E-state index in [-0.39, 0.29) is 0 Å². The van der Waals surface area contributed by atoms with Gasteiger partial charge in [-0.25, -0.2) is 0 Å². The van der Waals surface area contributed by atoms with Crippen LogP contribution in [0.3, 0.4) is 0 Å². The second kappa shape index (κ2) is 6.56. The molecule has 0 spiro atoms. The highest BCUT2D eigenvalue weighted by Crippen LogP contribution is 2.40. The van der Waals surface area contributed by atoms with Gasteiger partial charge in [0.1, 0.15) is 0 Å². The zero-order chi connectivity index (χ0) is 13.7. The largest absolute Gasteiger partial charge is 0.313 e. The first-order valence-electron chi connectivity index (χ1n) is 7.93. The molecule has 1 N–H and O–H groups in total. The third-order valence-corrected chi connectivity index (χ3v) is 4.97. The van der Waals surface area contributed by atoms with Crippen molar-refractivity contribution in [1.82, 2.24) is 5.32 Å². The SMILES string of the molecule is CCNC(Cc1ccccc1C)C1(C)CCCCC1. The Kier molecular flexibility index (Phi) is 5.04. The van der Waals surface area contributed by atoms with Gasteiger partial charge in [-0.3, -0.25) is 0 Å². The quantitative estimate of drug-likeness (QED) is 0.821. The highest BCUT2D eigenvalue weighted by Gasteiger charge is 2.34. The first kappa shape index (κ1) is 14.6. The van der Waals surface area contributed by atoms with Gasteiger partial charge in [0.2, 0.25) is 0 Å². The normalized spacial score (nSPS) is 20.2. The van der Waals surface area contributed by atoms with Gasteiger partial charge in [0, 0.05) is 6.04 Å². The van der Waals surface area contributed by atoms with Crippen molar-refractivity contribution in [3.8, 4) is 0 Å². The van der Waals surface area contributed by atoms with Gasteiger partial charge in [-0.2, -0.15) is 0 Å². The molecule has 1 aliphatic rings. The summed E-state index contributed by atoms with van der Waals surface area (Å²) in [7, 11) is 0. The van der Waals surface area contributed by atoms with Crippen LogP contribution >= 0.6 is 0 Å². The molecule has 0 amide bonds. The molecule has 1 aromatic carbocycles. The average molecular weight is 259 g/mol. The van der Waals surface area contributed by atoms with E-state index >= 15 is 0 Å². The van der Waals surface area contributed by atoms with Crippen molar-refractivity contribution in [3.63, 3.8) is 0 Å². The molecule has 1 fully saturated rings. The molecule has 1 heteroatoms. The van der Waals surface area contributed by atoms with E-state index in [1.807, 2.05) is 0 Å². The number of rotatable bonds is 5. The van der Waals surface area contributed by atoms with Gasteiger partial charge < -0.3 is 5.32 Å². The zero-order valence-corrected chi connectivity index (χ0v) is 12.8. The molecule has 0 aliphatic heterocycles. The van der Waals surface area contributed by atoms with Gasteiger partial charge in [0.15, 0.2) is 0 Å². The number of hydrogen-bond donors (Lipinski definition) is 1. The molecular formula is C18H29N. The second-order valence-corrected chi connectivity index (χ2v) is 6.46. The van der Waals surface area contributed by atoms with Crippen LogP contribution in [0.4, 0.5) is 0 Å². The summed E-state index contributed by atoms with van der Waals surface area (Å²) >= 11 is 0. The van der Waals surface area contributed by atoms with Crippen LogP contribution in [-0.4, -0.2) is 12.6 Å². The van der Waals surface area contributed by atoms with Crippen molar-refractivity contribution in [2.75, 3.05) is 6.54 Å². The zero-order valence-electron chi connectivity index (χ0n) is 12.8. The predicted molar refractivity (Wildman–Crippen MR) is 83.5 cm³/mol. The summed E-state index contributed by atoms with van der Waals surface area (Å²) in [4.78, 5) is 0. The van der Waals surface area contributed by atoms with Gasteiger partial charge in [-0.15, -0.1) is 0 Å². The summed E-state index contributed by atoms with van der Waals surface area (Å²) in [6.45, 7) is 8.04. The molecule has 2 rings (SSSR count). The Morgan fingerprint density at radius 2 is 1.84 bits per heavy atom. The fourth-order valence-electron chi connectivity index (χ4n) is 3.58. The van der Waals surface area contributed by atoms with Crippen LogP contribution < -0.4 is 5.32 Å². The monoisotopic (exact) mass is 259 g/mol. The first-order chi connectivity index (χ1) is 9.15. The van der Waals surface area contributed by atoms with E-state index in [1.54, 1.807) is 0 Å². The summed E-state index contributed by atoms with van der Waals surface area (Å²) in [5.74, 6) is 0. The van der Waals surface area contributed by atoms with E-state index in [9.17, 15) is 0 Å². The standard InChI is InChI=1S/C18H29N/c1-4-19-17(18(3)12-8-5-9-13-18)14-16-11-7-6-10-15(16)2/h6-7,10-11,17,19H,4-5,8-9,12-14H2,1-3H3. The van der Waals surface area contributed by atoms with Gasteiger partial charge in [0.25, 0.3) is 0 Å². The predicted octanol–water partition coefficient (Wildman–Crippen LogP) is 4.49. The molecule has 1 atom stereocenters. The Hall–Kier alpha value is -0.820. The molecule has 1 unspecified atom stereocenters. The van der Waals surface area contributed by atoms with Crippen LogP contribution in [-0.2, 0) is 6.42 Å². The number of hydrogen-bond acceptors (Lipinski definition) is 1. The van der Waals surface area contributed by atoms with Crippen LogP contribution in [0, 0.1) is 12.3 Å². The third-order valence-electron chi connectivity index (χ3n) is 4.97. The fraction of sp³-hybridized carbons (Fsp3) is 0.667. The summed E-state index contributed by atoms with van der Waals surface area (Å²) in [6, 6.07) is 9.48. The van der Waals surface area contributed by atoms with Crippen LogP contribution in [0.2, 0.25) is 0 Å². The van der Waals surface area contributed by atoms with Crippen molar-refractivity contribution in [2.45, 2.75) is 65.3 Å². The van der Waals surface area contributed by atoms with Crippen molar-refractivity contribution in [1.29, 1.82) is 0 Å². The van der Waals surface area contributed by atoms with Crippen molar-refractivity contribution in [3.05, 3.63) is 35.4 Å². The Bertz CT molecular complexity index is 390. The Morgan fingerprint density at radius 3 is 2.47 bits per heavy atom. The van der Waals surface area contributed by atoms with E-state index < -0.39 is 0 Å². The first-order valence-corrected chi connectivity index (χ1v) is 7.93. The van der Waals surface area contributed by atoms with E-state index in [4.69, 9.17) is 0 Å². The Balaban J connectivity index is 2.13. The summed E-state index contributed by atoms with van der Waals surface area (Å²) in [6.07, 6.45) is 8.20. The van der Waals surface area contributed by atoms with E-state index in [0.717, 1.165) is 6.54 Å². The smallest absolute Gasteiger partial charge is 0.0161 e. The minimum Gasteiger partial charge on any atom is -0.313 e. The van der Waals surface area contributed by atoms with Gasteiger partial charge >= 0.3 is 0 Å². The number of aryl methyl sites for hydroxylation is 1. The van der Waals surface area contributed by atoms with Crippen LogP contribution in [0.1, 0.15) is 57.1 Å². The Labute approximate surface area is 118 Å². The maximum atomic E-state index is 3.77. The number of likely N-dealkylation sites (N-methyl/N-ethyl adjacent to an activating group) is 1.